The van der Waals surface area contributed by atoms with E-state index in [0.29, 0.717) is 5.41 Å². The lowest BCUT2D eigenvalue weighted by atomic mass is 9.83. The van der Waals surface area contributed by atoms with Gasteiger partial charge < -0.3 is 20.4 Å². The standard InChI is InChI=1S/C20H31N5O/c1-21-19(23-15-20(12-14-26-2)10-5-6-11-20)22-13-9-18-24-16-7-3-4-8-17(16)25-18/h3-4,7-8H,5-6,9-15H2,1-2H3,(H,24,25)(H2,21,22,23). The summed E-state index contributed by atoms with van der Waals surface area (Å²) < 4.78 is 5.32. The molecule has 6 heteroatoms. The Bertz CT molecular complexity index is 685. The van der Waals surface area contributed by atoms with E-state index < -0.39 is 0 Å². The van der Waals surface area contributed by atoms with Gasteiger partial charge in [0.05, 0.1) is 11.0 Å². The third-order valence-corrected chi connectivity index (χ3v) is 5.45. The molecule has 0 atom stereocenters. The SMILES string of the molecule is CN=C(NCCc1nc2ccccc2[nH]1)NCC1(CCOC)CCCC1. The summed E-state index contributed by atoms with van der Waals surface area (Å²) in [4.78, 5) is 12.4. The highest BCUT2D eigenvalue weighted by atomic mass is 16.5. The average Bonchev–Trinajstić information content (AvgIpc) is 3.30. The van der Waals surface area contributed by atoms with Gasteiger partial charge in [-0.25, -0.2) is 4.98 Å². The number of guanidine groups is 1. The number of aromatic amines is 1. The minimum Gasteiger partial charge on any atom is -0.385 e. The zero-order valence-electron chi connectivity index (χ0n) is 16.0. The van der Waals surface area contributed by atoms with Crippen LogP contribution in [0, 0.1) is 5.41 Å². The molecule has 1 aromatic heterocycles. The van der Waals surface area contributed by atoms with Crippen molar-refractivity contribution >= 4 is 17.0 Å². The molecule has 6 nitrogen and oxygen atoms in total. The Morgan fingerprint density at radius 3 is 2.81 bits per heavy atom. The van der Waals surface area contributed by atoms with Crippen molar-refractivity contribution < 1.29 is 4.74 Å². The molecule has 1 heterocycles. The van der Waals surface area contributed by atoms with Crippen LogP contribution in [0.1, 0.15) is 37.9 Å². The van der Waals surface area contributed by atoms with Crippen molar-refractivity contribution in [2.45, 2.75) is 38.5 Å². The Balaban J connectivity index is 1.47. The molecule has 1 aliphatic carbocycles. The molecule has 0 radical (unpaired) electrons. The lowest BCUT2D eigenvalue weighted by Crippen LogP contribution is -2.44. The lowest BCUT2D eigenvalue weighted by Gasteiger charge is -2.29. The number of benzene rings is 1. The minimum atomic E-state index is 0.354. The van der Waals surface area contributed by atoms with Crippen molar-refractivity contribution in [3.05, 3.63) is 30.1 Å². The summed E-state index contributed by atoms with van der Waals surface area (Å²) in [5, 5.41) is 6.93. The molecule has 0 amide bonds. The van der Waals surface area contributed by atoms with Crippen LogP contribution in [-0.2, 0) is 11.2 Å². The maximum atomic E-state index is 5.32. The Morgan fingerprint density at radius 1 is 1.27 bits per heavy atom. The number of ether oxygens (including phenoxy) is 1. The fourth-order valence-corrected chi connectivity index (χ4v) is 3.87. The van der Waals surface area contributed by atoms with E-state index in [1.165, 1.54) is 25.7 Å². The van der Waals surface area contributed by atoms with Crippen LogP contribution in [0.4, 0.5) is 0 Å². The summed E-state index contributed by atoms with van der Waals surface area (Å²) in [5.41, 5.74) is 2.46. The molecule has 3 N–H and O–H groups in total. The van der Waals surface area contributed by atoms with Gasteiger partial charge in [-0.05, 0) is 36.8 Å². The first-order chi connectivity index (χ1) is 12.7. The average molecular weight is 358 g/mol. The van der Waals surface area contributed by atoms with Crippen molar-refractivity contribution in [1.29, 1.82) is 0 Å². The zero-order chi connectivity index (χ0) is 18.2. The summed E-state index contributed by atoms with van der Waals surface area (Å²) in [6.45, 7) is 2.59. The minimum absolute atomic E-state index is 0.354. The highest BCUT2D eigenvalue weighted by Gasteiger charge is 2.33. The Hall–Kier alpha value is -2.08. The first-order valence-corrected chi connectivity index (χ1v) is 9.62. The lowest BCUT2D eigenvalue weighted by molar-refractivity contribution is 0.138. The number of aliphatic imine (C=N–C) groups is 1. The first-order valence-electron chi connectivity index (χ1n) is 9.62. The predicted octanol–water partition coefficient (Wildman–Crippen LogP) is 2.87. The number of aromatic nitrogens is 2. The molecular weight excluding hydrogens is 326 g/mol. The van der Waals surface area contributed by atoms with Crippen LogP contribution in [0.15, 0.2) is 29.3 Å². The van der Waals surface area contributed by atoms with Crippen molar-refractivity contribution in [1.82, 2.24) is 20.6 Å². The summed E-state index contributed by atoms with van der Waals surface area (Å²) in [7, 11) is 3.61. The maximum Gasteiger partial charge on any atom is 0.191 e. The number of nitrogens with one attached hydrogen (secondary N) is 3. The van der Waals surface area contributed by atoms with Crippen LogP contribution in [0.5, 0.6) is 0 Å². The molecule has 1 aromatic carbocycles. The van der Waals surface area contributed by atoms with Crippen LogP contribution >= 0.6 is 0 Å². The van der Waals surface area contributed by atoms with E-state index in [1.807, 2.05) is 25.2 Å². The molecule has 1 fully saturated rings. The second kappa shape index (κ2) is 9.03. The van der Waals surface area contributed by atoms with Gasteiger partial charge in [-0.15, -0.1) is 0 Å². The smallest absolute Gasteiger partial charge is 0.191 e. The third-order valence-electron chi connectivity index (χ3n) is 5.45. The summed E-state index contributed by atoms with van der Waals surface area (Å²) in [5.74, 6) is 1.87. The third kappa shape index (κ3) is 4.75. The summed E-state index contributed by atoms with van der Waals surface area (Å²) in [6.07, 6.45) is 7.16. The van der Waals surface area contributed by atoms with E-state index in [4.69, 9.17) is 4.74 Å². The number of H-pyrrole nitrogens is 1. The van der Waals surface area contributed by atoms with E-state index >= 15 is 0 Å². The molecule has 0 spiro atoms. The molecule has 2 aromatic rings. The van der Waals surface area contributed by atoms with Gasteiger partial charge in [0.25, 0.3) is 0 Å². The Morgan fingerprint density at radius 2 is 2.08 bits per heavy atom. The quantitative estimate of drug-likeness (QED) is 0.502. The van der Waals surface area contributed by atoms with E-state index in [0.717, 1.165) is 55.4 Å². The number of nitrogens with zero attached hydrogens (tertiary/aromatic N) is 2. The number of rotatable bonds is 8. The molecule has 142 valence electrons. The van der Waals surface area contributed by atoms with Crippen molar-refractivity contribution in [3.8, 4) is 0 Å². The number of imidazole rings is 1. The summed E-state index contributed by atoms with van der Waals surface area (Å²) in [6, 6.07) is 8.13. The van der Waals surface area contributed by atoms with E-state index in [-0.39, 0.29) is 0 Å². The Kier molecular flexibility index (Phi) is 6.50. The zero-order valence-corrected chi connectivity index (χ0v) is 16.0. The van der Waals surface area contributed by atoms with Gasteiger partial charge in [0.1, 0.15) is 5.82 Å². The number of hydrogen-bond acceptors (Lipinski definition) is 3. The van der Waals surface area contributed by atoms with Gasteiger partial charge in [0, 0.05) is 40.3 Å². The molecule has 3 rings (SSSR count). The van der Waals surface area contributed by atoms with Gasteiger partial charge in [0.2, 0.25) is 0 Å². The number of methoxy groups -OCH3 is 1. The predicted molar refractivity (Wildman–Crippen MR) is 107 cm³/mol. The fourth-order valence-electron chi connectivity index (χ4n) is 3.87. The largest absolute Gasteiger partial charge is 0.385 e. The molecule has 1 aliphatic rings. The topological polar surface area (TPSA) is 74.3 Å². The molecule has 1 saturated carbocycles. The fraction of sp³-hybridized carbons (Fsp3) is 0.600. The monoisotopic (exact) mass is 357 g/mol. The molecule has 0 unspecified atom stereocenters. The molecular formula is C20H31N5O. The molecule has 0 saturated heterocycles. The van der Waals surface area contributed by atoms with E-state index in [2.05, 4.69) is 31.7 Å². The highest BCUT2D eigenvalue weighted by molar-refractivity contribution is 5.79. The molecule has 0 aliphatic heterocycles. The van der Waals surface area contributed by atoms with Gasteiger partial charge in [-0.2, -0.15) is 0 Å². The number of fused-ring (bicyclic) bond motifs is 1. The van der Waals surface area contributed by atoms with Gasteiger partial charge in [0.15, 0.2) is 5.96 Å². The van der Waals surface area contributed by atoms with Crippen LogP contribution in [0.25, 0.3) is 11.0 Å². The normalized spacial score (nSPS) is 16.9. The van der Waals surface area contributed by atoms with Crippen LogP contribution < -0.4 is 10.6 Å². The van der Waals surface area contributed by atoms with Gasteiger partial charge in [-0.1, -0.05) is 25.0 Å². The van der Waals surface area contributed by atoms with Crippen LogP contribution in [-0.4, -0.2) is 49.8 Å². The van der Waals surface area contributed by atoms with Crippen LogP contribution in [0.3, 0.4) is 0 Å². The van der Waals surface area contributed by atoms with Crippen molar-refractivity contribution in [2.75, 3.05) is 33.9 Å². The molecule has 0 bridgehead atoms. The molecule has 26 heavy (non-hydrogen) atoms. The number of para-hydroxylation sites is 2. The van der Waals surface area contributed by atoms with Crippen molar-refractivity contribution in [2.24, 2.45) is 10.4 Å². The number of hydrogen-bond donors (Lipinski definition) is 3. The van der Waals surface area contributed by atoms with E-state index in [1.54, 1.807) is 7.11 Å². The highest BCUT2D eigenvalue weighted by Crippen LogP contribution is 2.40. The Labute approximate surface area is 155 Å². The van der Waals surface area contributed by atoms with Gasteiger partial charge in [-0.3, -0.25) is 4.99 Å². The van der Waals surface area contributed by atoms with Crippen molar-refractivity contribution in [3.63, 3.8) is 0 Å². The second-order valence-corrected chi connectivity index (χ2v) is 7.25. The second-order valence-electron chi connectivity index (χ2n) is 7.25. The van der Waals surface area contributed by atoms with Crippen LogP contribution in [0.2, 0.25) is 0 Å². The maximum absolute atomic E-state index is 5.32. The summed E-state index contributed by atoms with van der Waals surface area (Å²) >= 11 is 0. The van der Waals surface area contributed by atoms with E-state index in [9.17, 15) is 0 Å². The first kappa shape index (κ1) is 18.7. The van der Waals surface area contributed by atoms with Gasteiger partial charge >= 0.3 is 0 Å².